The predicted octanol–water partition coefficient (Wildman–Crippen LogP) is 0.840. The van der Waals surface area contributed by atoms with Gasteiger partial charge in [-0.25, -0.2) is 9.97 Å². The first-order valence-electron chi connectivity index (χ1n) is 5.68. The number of rotatable bonds is 4. The number of aliphatic hydroxyl groups is 1. The van der Waals surface area contributed by atoms with E-state index in [1.807, 2.05) is 13.8 Å². The molecule has 0 saturated carbocycles. The lowest BCUT2D eigenvalue weighted by Gasteiger charge is -2.15. The van der Waals surface area contributed by atoms with E-state index in [0.29, 0.717) is 17.1 Å². The van der Waals surface area contributed by atoms with E-state index in [0.717, 1.165) is 0 Å². The van der Waals surface area contributed by atoms with E-state index in [9.17, 15) is 9.90 Å². The lowest BCUT2D eigenvalue weighted by Crippen LogP contribution is -2.35. The van der Waals surface area contributed by atoms with Gasteiger partial charge in [-0.3, -0.25) is 4.79 Å². The summed E-state index contributed by atoms with van der Waals surface area (Å²) in [5.41, 5.74) is 1.10. The largest absolute Gasteiger partial charge is 0.391 e. The van der Waals surface area contributed by atoms with Gasteiger partial charge in [0, 0.05) is 12.7 Å². The average Bonchev–Trinajstić information content (AvgIpc) is 2.25. The predicted molar refractivity (Wildman–Crippen MR) is 64.7 cm³/mol. The maximum absolute atomic E-state index is 11.8. The monoisotopic (exact) mass is 237 g/mol. The van der Waals surface area contributed by atoms with E-state index in [4.69, 9.17) is 0 Å². The van der Waals surface area contributed by atoms with Crippen molar-refractivity contribution in [3.05, 3.63) is 23.3 Å². The normalized spacial score (nSPS) is 12.6. The van der Waals surface area contributed by atoms with Crippen LogP contribution in [-0.4, -0.2) is 33.6 Å². The Morgan fingerprint density at radius 3 is 2.65 bits per heavy atom. The minimum Gasteiger partial charge on any atom is -0.391 e. The van der Waals surface area contributed by atoms with Gasteiger partial charge in [0.1, 0.15) is 5.82 Å². The van der Waals surface area contributed by atoms with Crippen LogP contribution in [0.2, 0.25) is 0 Å². The van der Waals surface area contributed by atoms with Crippen molar-refractivity contribution in [1.82, 2.24) is 15.3 Å². The number of aromatic nitrogens is 2. The minimum absolute atomic E-state index is 0.116. The maximum Gasteiger partial charge on any atom is 0.254 e. The van der Waals surface area contributed by atoms with Crippen LogP contribution in [0.4, 0.5) is 0 Å². The molecule has 1 unspecified atom stereocenters. The van der Waals surface area contributed by atoms with Crippen molar-refractivity contribution in [2.45, 2.75) is 33.8 Å². The molecule has 1 rings (SSSR count). The second kappa shape index (κ2) is 5.72. The third-order valence-electron chi connectivity index (χ3n) is 2.59. The van der Waals surface area contributed by atoms with Gasteiger partial charge in [-0.15, -0.1) is 0 Å². The molecule has 1 aromatic rings. The quantitative estimate of drug-likeness (QED) is 0.813. The second-order valence-corrected chi connectivity index (χ2v) is 4.44. The fourth-order valence-corrected chi connectivity index (χ4v) is 1.33. The van der Waals surface area contributed by atoms with Crippen molar-refractivity contribution in [3.8, 4) is 0 Å². The number of hydrogen-bond acceptors (Lipinski definition) is 4. The molecule has 0 aromatic carbocycles. The van der Waals surface area contributed by atoms with Crippen LogP contribution in [-0.2, 0) is 0 Å². The average molecular weight is 237 g/mol. The summed E-state index contributed by atoms with van der Waals surface area (Å²) < 4.78 is 0. The molecule has 94 valence electrons. The molecule has 1 amide bonds. The Labute approximate surface area is 101 Å². The number of aryl methyl sites for hydroxylation is 2. The molecule has 1 aromatic heterocycles. The molecule has 0 fully saturated rings. The highest BCUT2D eigenvalue weighted by Crippen LogP contribution is 2.04. The summed E-state index contributed by atoms with van der Waals surface area (Å²) in [6.45, 7) is 7.58. The van der Waals surface area contributed by atoms with Crippen LogP contribution < -0.4 is 5.32 Å². The lowest BCUT2D eigenvalue weighted by molar-refractivity contribution is 0.0870. The Hall–Kier alpha value is -1.49. The summed E-state index contributed by atoms with van der Waals surface area (Å²) in [6.07, 6.45) is 0.972. The molecular weight excluding hydrogens is 218 g/mol. The molecule has 1 heterocycles. The summed E-state index contributed by atoms with van der Waals surface area (Å²) >= 11 is 0. The van der Waals surface area contributed by atoms with Gasteiger partial charge in [-0.05, 0) is 19.8 Å². The van der Waals surface area contributed by atoms with Gasteiger partial charge in [0.15, 0.2) is 0 Å². The van der Waals surface area contributed by atoms with Crippen LogP contribution in [0.5, 0.6) is 0 Å². The van der Waals surface area contributed by atoms with Crippen LogP contribution >= 0.6 is 0 Å². The highest BCUT2D eigenvalue weighted by atomic mass is 16.3. The summed E-state index contributed by atoms with van der Waals surface area (Å²) in [4.78, 5) is 19.9. The first-order valence-corrected chi connectivity index (χ1v) is 5.68. The number of hydrogen-bond donors (Lipinski definition) is 2. The molecule has 0 saturated heterocycles. The summed E-state index contributed by atoms with van der Waals surface area (Å²) in [6, 6.07) is 0. The summed E-state index contributed by atoms with van der Waals surface area (Å²) in [5, 5.41) is 12.3. The Morgan fingerprint density at radius 1 is 1.47 bits per heavy atom. The lowest BCUT2D eigenvalue weighted by atomic mass is 10.1. The number of nitrogens with zero attached hydrogens (tertiary/aromatic N) is 2. The topological polar surface area (TPSA) is 75.1 Å². The molecule has 0 aliphatic rings. The van der Waals surface area contributed by atoms with Crippen molar-refractivity contribution in [2.75, 3.05) is 6.54 Å². The van der Waals surface area contributed by atoms with Crippen molar-refractivity contribution in [1.29, 1.82) is 0 Å². The standard InChI is InChI=1S/C12H19N3O2/c1-7(2)11(16)6-14-12(17)10-5-13-9(4)15-8(10)3/h5,7,11,16H,6H2,1-4H3,(H,14,17). The third kappa shape index (κ3) is 3.78. The van der Waals surface area contributed by atoms with Crippen LogP contribution in [0.25, 0.3) is 0 Å². The fraction of sp³-hybridized carbons (Fsp3) is 0.583. The molecule has 0 bridgehead atoms. The van der Waals surface area contributed by atoms with Crippen molar-refractivity contribution >= 4 is 5.91 Å². The van der Waals surface area contributed by atoms with Gasteiger partial charge in [-0.1, -0.05) is 13.8 Å². The van der Waals surface area contributed by atoms with E-state index in [-0.39, 0.29) is 18.4 Å². The molecule has 0 spiro atoms. The van der Waals surface area contributed by atoms with Gasteiger partial charge in [0.2, 0.25) is 0 Å². The zero-order valence-corrected chi connectivity index (χ0v) is 10.7. The van der Waals surface area contributed by atoms with E-state index in [1.165, 1.54) is 6.20 Å². The summed E-state index contributed by atoms with van der Waals surface area (Å²) in [5.74, 6) is 0.508. The van der Waals surface area contributed by atoms with Gasteiger partial charge in [0.05, 0.1) is 17.4 Å². The Morgan fingerprint density at radius 2 is 2.12 bits per heavy atom. The van der Waals surface area contributed by atoms with Crippen molar-refractivity contribution in [3.63, 3.8) is 0 Å². The minimum atomic E-state index is -0.536. The van der Waals surface area contributed by atoms with Gasteiger partial charge in [-0.2, -0.15) is 0 Å². The molecule has 5 nitrogen and oxygen atoms in total. The van der Waals surface area contributed by atoms with Crippen LogP contribution in [0.15, 0.2) is 6.20 Å². The van der Waals surface area contributed by atoms with E-state index in [2.05, 4.69) is 15.3 Å². The molecule has 0 aliphatic heterocycles. The molecule has 1 atom stereocenters. The van der Waals surface area contributed by atoms with Crippen molar-refractivity contribution in [2.24, 2.45) is 5.92 Å². The molecule has 0 radical (unpaired) electrons. The SMILES string of the molecule is Cc1ncc(C(=O)NCC(O)C(C)C)c(C)n1. The molecular formula is C12H19N3O2. The maximum atomic E-state index is 11.8. The van der Waals surface area contributed by atoms with Gasteiger partial charge in [0.25, 0.3) is 5.91 Å². The smallest absolute Gasteiger partial charge is 0.254 e. The fourth-order valence-electron chi connectivity index (χ4n) is 1.33. The zero-order valence-electron chi connectivity index (χ0n) is 10.7. The first kappa shape index (κ1) is 13.6. The molecule has 2 N–H and O–H groups in total. The number of carbonyl (C=O) groups is 1. The van der Waals surface area contributed by atoms with E-state index in [1.54, 1.807) is 13.8 Å². The third-order valence-corrected chi connectivity index (χ3v) is 2.59. The first-order chi connectivity index (χ1) is 7.91. The number of aliphatic hydroxyl groups excluding tert-OH is 1. The van der Waals surface area contributed by atoms with E-state index < -0.39 is 6.10 Å². The Balaban J connectivity index is 2.64. The van der Waals surface area contributed by atoms with Crippen LogP contribution in [0, 0.1) is 19.8 Å². The number of amides is 1. The highest BCUT2D eigenvalue weighted by molar-refractivity contribution is 5.94. The van der Waals surface area contributed by atoms with Crippen LogP contribution in [0.3, 0.4) is 0 Å². The molecule has 5 heteroatoms. The van der Waals surface area contributed by atoms with Gasteiger partial charge >= 0.3 is 0 Å². The van der Waals surface area contributed by atoms with Gasteiger partial charge < -0.3 is 10.4 Å². The van der Waals surface area contributed by atoms with Crippen LogP contribution in [0.1, 0.15) is 35.7 Å². The molecule has 17 heavy (non-hydrogen) atoms. The Bertz CT molecular complexity index is 405. The van der Waals surface area contributed by atoms with Crippen molar-refractivity contribution < 1.29 is 9.90 Å². The number of nitrogens with one attached hydrogen (secondary N) is 1. The zero-order chi connectivity index (χ0) is 13.0. The summed E-state index contributed by atoms with van der Waals surface area (Å²) in [7, 11) is 0. The number of carbonyl (C=O) groups excluding carboxylic acids is 1. The second-order valence-electron chi connectivity index (χ2n) is 4.44. The molecule has 0 aliphatic carbocycles. The Kier molecular flexibility index (Phi) is 4.57. The highest BCUT2D eigenvalue weighted by Gasteiger charge is 2.14. The van der Waals surface area contributed by atoms with E-state index >= 15 is 0 Å².